The number of nitrogens with one attached hydrogen (secondary N) is 2. The lowest BCUT2D eigenvalue weighted by atomic mass is 9.87. The summed E-state index contributed by atoms with van der Waals surface area (Å²) in [6, 6.07) is 11.4. The fourth-order valence-electron chi connectivity index (χ4n) is 2.21. The number of amides is 1. The van der Waals surface area contributed by atoms with Gasteiger partial charge in [0, 0.05) is 31.1 Å². The van der Waals surface area contributed by atoms with Crippen molar-refractivity contribution in [2.24, 2.45) is 0 Å². The minimum atomic E-state index is -0.157. The van der Waals surface area contributed by atoms with Crippen LogP contribution in [0.25, 0.3) is 0 Å². The van der Waals surface area contributed by atoms with Crippen molar-refractivity contribution in [1.29, 1.82) is 0 Å². The van der Waals surface area contributed by atoms with Crippen LogP contribution in [0, 0.1) is 0 Å². The van der Waals surface area contributed by atoms with Gasteiger partial charge in [0.25, 0.3) is 5.91 Å². The third-order valence-corrected chi connectivity index (χ3v) is 3.64. The molecule has 0 unspecified atom stereocenters. The van der Waals surface area contributed by atoms with Gasteiger partial charge in [-0.1, -0.05) is 32.9 Å². The van der Waals surface area contributed by atoms with Crippen LogP contribution in [-0.4, -0.2) is 31.2 Å². The zero-order chi connectivity index (χ0) is 17.6. The third-order valence-electron chi connectivity index (χ3n) is 3.64. The Kier molecular flexibility index (Phi) is 5.93. The standard InChI is InChI=1S/C19H25N3O2/c1-19(2,3)15-5-7-16(8-6-15)22-18(23)14-9-10-20-17(13-14)21-11-12-24-4/h5-10,13H,11-12H2,1-4H3,(H,20,21)(H,22,23). The van der Waals surface area contributed by atoms with Crippen molar-refractivity contribution in [2.75, 3.05) is 30.9 Å². The van der Waals surface area contributed by atoms with Crippen LogP contribution < -0.4 is 10.6 Å². The number of methoxy groups -OCH3 is 1. The number of hydrogen-bond acceptors (Lipinski definition) is 4. The smallest absolute Gasteiger partial charge is 0.255 e. The number of aromatic nitrogens is 1. The number of anilines is 2. The quantitative estimate of drug-likeness (QED) is 0.794. The molecule has 2 aromatic rings. The van der Waals surface area contributed by atoms with E-state index < -0.39 is 0 Å². The lowest BCUT2D eigenvalue weighted by Crippen LogP contribution is -2.14. The summed E-state index contributed by atoms with van der Waals surface area (Å²) in [6.07, 6.45) is 1.62. The number of nitrogens with zero attached hydrogens (tertiary/aromatic N) is 1. The molecule has 2 N–H and O–H groups in total. The van der Waals surface area contributed by atoms with E-state index >= 15 is 0 Å². The average molecular weight is 327 g/mol. The second-order valence-electron chi connectivity index (χ2n) is 6.63. The minimum absolute atomic E-state index is 0.0937. The molecule has 1 heterocycles. The van der Waals surface area contributed by atoms with Crippen molar-refractivity contribution in [2.45, 2.75) is 26.2 Å². The number of pyridine rings is 1. The highest BCUT2D eigenvalue weighted by atomic mass is 16.5. The highest BCUT2D eigenvalue weighted by molar-refractivity contribution is 6.04. The van der Waals surface area contributed by atoms with Gasteiger partial charge in [0.1, 0.15) is 5.82 Å². The van der Waals surface area contributed by atoms with Gasteiger partial charge in [-0.05, 0) is 35.2 Å². The Morgan fingerprint density at radius 3 is 2.50 bits per heavy atom. The Labute approximate surface area is 143 Å². The molecule has 0 bridgehead atoms. The van der Waals surface area contributed by atoms with Gasteiger partial charge in [0.2, 0.25) is 0 Å². The lowest BCUT2D eigenvalue weighted by molar-refractivity contribution is 0.102. The van der Waals surface area contributed by atoms with Gasteiger partial charge < -0.3 is 15.4 Å². The molecule has 0 aliphatic rings. The molecule has 0 saturated carbocycles. The van der Waals surface area contributed by atoms with Crippen LogP contribution >= 0.6 is 0 Å². The van der Waals surface area contributed by atoms with E-state index in [1.54, 1.807) is 25.4 Å². The van der Waals surface area contributed by atoms with E-state index in [2.05, 4.69) is 36.4 Å². The maximum Gasteiger partial charge on any atom is 0.255 e. The fraction of sp³-hybridized carbons (Fsp3) is 0.368. The van der Waals surface area contributed by atoms with Crippen LogP contribution in [-0.2, 0) is 10.2 Å². The number of benzene rings is 1. The van der Waals surface area contributed by atoms with Gasteiger partial charge in [0.15, 0.2) is 0 Å². The molecule has 5 nitrogen and oxygen atoms in total. The second-order valence-corrected chi connectivity index (χ2v) is 6.63. The van der Waals surface area contributed by atoms with E-state index in [0.29, 0.717) is 24.5 Å². The summed E-state index contributed by atoms with van der Waals surface area (Å²) >= 11 is 0. The molecule has 1 aromatic carbocycles. The summed E-state index contributed by atoms with van der Waals surface area (Å²) in [5.74, 6) is 0.499. The Morgan fingerprint density at radius 1 is 1.17 bits per heavy atom. The number of hydrogen-bond donors (Lipinski definition) is 2. The summed E-state index contributed by atoms with van der Waals surface area (Å²) in [5, 5.41) is 6.02. The predicted molar refractivity (Wildman–Crippen MR) is 97.7 cm³/mol. The summed E-state index contributed by atoms with van der Waals surface area (Å²) in [5.41, 5.74) is 2.66. The zero-order valence-corrected chi connectivity index (χ0v) is 14.7. The molecule has 0 radical (unpaired) electrons. The Bertz CT molecular complexity index is 676. The first kappa shape index (κ1) is 17.9. The molecule has 0 spiro atoms. The van der Waals surface area contributed by atoms with E-state index in [0.717, 1.165) is 5.69 Å². The highest BCUT2D eigenvalue weighted by Crippen LogP contribution is 2.23. The Hall–Kier alpha value is -2.40. The molecular weight excluding hydrogens is 302 g/mol. The number of rotatable bonds is 6. The molecule has 0 atom stereocenters. The van der Waals surface area contributed by atoms with Crippen molar-refractivity contribution in [3.05, 3.63) is 53.7 Å². The van der Waals surface area contributed by atoms with Crippen LogP contribution in [0.1, 0.15) is 36.7 Å². The van der Waals surface area contributed by atoms with Crippen molar-refractivity contribution in [3.8, 4) is 0 Å². The molecule has 1 aromatic heterocycles. The maximum atomic E-state index is 12.4. The molecule has 2 rings (SSSR count). The number of carbonyl (C=O) groups excluding carboxylic acids is 1. The van der Waals surface area contributed by atoms with Gasteiger partial charge >= 0.3 is 0 Å². The van der Waals surface area contributed by atoms with Crippen molar-refractivity contribution >= 4 is 17.4 Å². The van der Waals surface area contributed by atoms with Gasteiger partial charge in [-0.15, -0.1) is 0 Å². The van der Waals surface area contributed by atoms with Crippen molar-refractivity contribution < 1.29 is 9.53 Å². The molecule has 5 heteroatoms. The summed E-state index contributed by atoms with van der Waals surface area (Å²) in [6.45, 7) is 7.71. The van der Waals surface area contributed by atoms with Gasteiger partial charge in [-0.3, -0.25) is 4.79 Å². The lowest BCUT2D eigenvalue weighted by Gasteiger charge is -2.19. The second kappa shape index (κ2) is 7.93. The summed E-state index contributed by atoms with van der Waals surface area (Å²) < 4.78 is 4.98. The molecule has 1 amide bonds. The van der Waals surface area contributed by atoms with Crippen LogP contribution in [0.15, 0.2) is 42.6 Å². The third kappa shape index (κ3) is 5.06. The largest absolute Gasteiger partial charge is 0.383 e. The number of carbonyl (C=O) groups is 1. The highest BCUT2D eigenvalue weighted by Gasteiger charge is 2.13. The zero-order valence-electron chi connectivity index (χ0n) is 14.7. The molecule has 0 aliphatic heterocycles. The normalized spacial score (nSPS) is 11.2. The van der Waals surface area contributed by atoms with Gasteiger partial charge in [-0.25, -0.2) is 4.98 Å². The molecular formula is C19H25N3O2. The first-order chi connectivity index (χ1) is 11.4. The SMILES string of the molecule is COCCNc1cc(C(=O)Nc2ccc(C(C)(C)C)cc2)ccn1. The molecule has 0 aliphatic carbocycles. The summed E-state index contributed by atoms with van der Waals surface area (Å²) in [7, 11) is 1.64. The van der Waals surface area contributed by atoms with Crippen molar-refractivity contribution in [3.63, 3.8) is 0 Å². The first-order valence-electron chi connectivity index (χ1n) is 8.01. The maximum absolute atomic E-state index is 12.4. The average Bonchev–Trinajstić information content (AvgIpc) is 2.55. The molecule has 128 valence electrons. The Morgan fingerprint density at radius 2 is 1.88 bits per heavy atom. The molecule has 24 heavy (non-hydrogen) atoms. The van der Waals surface area contributed by atoms with Crippen LogP contribution in [0.4, 0.5) is 11.5 Å². The van der Waals surface area contributed by atoms with E-state index in [-0.39, 0.29) is 11.3 Å². The van der Waals surface area contributed by atoms with E-state index in [4.69, 9.17) is 4.74 Å². The monoisotopic (exact) mass is 327 g/mol. The van der Waals surface area contributed by atoms with E-state index in [9.17, 15) is 4.79 Å². The van der Waals surface area contributed by atoms with Gasteiger partial charge in [0.05, 0.1) is 6.61 Å². The van der Waals surface area contributed by atoms with Crippen LogP contribution in [0.2, 0.25) is 0 Å². The van der Waals surface area contributed by atoms with Crippen LogP contribution in [0.3, 0.4) is 0 Å². The molecule has 0 saturated heterocycles. The number of ether oxygens (including phenoxy) is 1. The van der Waals surface area contributed by atoms with E-state index in [1.165, 1.54) is 5.56 Å². The van der Waals surface area contributed by atoms with Crippen LogP contribution in [0.5, 0.6) is 0 Å². The topological polar surface area (TPSA) is 63.2 Å². The fourth-order valence-corrected chi connectivity index (χ4v) is 2.21. The first-order valence-corrected chi connectivity index (χ1v) is 8.01. The Balaban J connectivity index is 2.03. The predicted octanol–water partition coefficient (Wildman–Crippen LogP) is 3.69. The molecule has 0 fully saturated rings. The minimum Gasteiger partial charge on any atom is -0.383 e. The van der Waals surface area contributed by atoms with E-state index in [1.807, 2.05) is 24.3 Å². The van der Waals surface area contributed by atoms with Crippen molar-refractivity contribution in [1.82, 2.24) is 4.98 Å². The summed E-state index contributed by atoms with van der Waals surface area (Å²) in [4.78, 5) is 16.6. The van der Waals surface area contributed by atoms with Gasteiger partial charge in [-0.2, -0.15) is 0 Å².